The Morgan fingerprint density at radius 3 is 2.89 bits per heavy atom. The minimum absolute atomic E-state index is 0.0644. The van der Waals surface area contributed by atoms with Gasteiger partial charge in [0.05, 0.1) is 12.2 Å². The molecule has 18 heavy (non-hydrogen) atoms. The number of carboxylic acid groups (broad SMARTS) is 1. The topological polar surface area (TPSA) is 98.3 Å². The maximum Gasteiger partial charge on any atom is 0.317 e. The van der Waals surface area contributed by atoms with Crippen molar-refractivity contribution in [3.05, 3.63) is 18.0 Å². The number of hydrogen-bond donors (Lipinski definition) is 3. The third kappa shape index (κ3) is 4.44. The molecule has 0 spiro atoms. The largest absolute Gasteiger partial charge is 0.481 e. The van der Waals surface area contributed by atoms with E-state index < -0.39 is 5.97 Å². The molecule has 1 aromatic heterocycles. The minimum atomic E-state index is -0.851. The van der Waals surface area contributed by atoms with Gasteiger partial charge in [-0.1, -0.05) is 0 Å². The first kappa shape index (κ1) is 14.0. The van der Waals surface area contributed by atoms with Gasteiger partial charge in [0.2, 0.25) is 0 Å². The second-order valence-corrected chi connectivity index (χ2v) is 4.12. The van der Waals surface area contributed by atoms with E-state index in [1.807, 2.05) is 6.92 Å². The Balaban J connectivity index is 2.33. The zero-order valence-electron chi connectivity index (χ0n) is 10.5. The van der Waals surface area contributed by atoms with E-state index in [0.29, 0.717) is 13.0 Å². The van der Waals surface area contributed by atoms with Crippen molar-refractivity contribution in [2.75, 3.05) is 13.6 Å². The number of rotatable bonds is 6. The molecular formula is C11H18N4O3. The number of urea groups is 1. The molecule has 1 atom stereocenters. The number of aromatic amines is 1. The Morgan fingerprint density at radius 1 is 1.61 bits per heavy atom. The molecule has 0 aliphatic rings. The molecule has 0 aliphatic carbocycles. The van der Waals surface area contributed by atoms with Gasteiger partial charge in [-0.25, -0.2) is 4.79 Å². The van der Waals surface area contributed by atoms with Crippen LogP contribution in [0.15, 0.2) is 12.4 Å². The Bertz CT molecular complexity index is 391. The maximum atomic E-state index is 11.8. The fraction of sp³-hybridized carbons (Fsp3) is 0.545. The molecule has 100 valence electrons. The lowest BCUT2D eigenvalue weighted by Crippen LogP contribution is -2.39. The predicted octanol–water partition coefficient (Wildman–Crippen LogP) is 0.977. The van der Waals surface area contributed by atoms with E-state index in [0.717, 1.165) is 5.56 Å². The highest BCUT2D eigenvalue weighted by molar-refractivity contribution is 5.74. The van der Waals surface area contributed by atoms with Gasteiger partial charge in [0.15, 0.2) is 0 Å². The monoisotopic (exact) mass is 254 g/mol. The van der Waals surface area contributed by atoms with Gasteiger partial charge in [0.1, 0.15) is 0 Å². The van der Waals surface area contributed by atoms with Crippen molar-refractivity contribution in [1.82, 2.24) is 20.4 Å². The van der Waals surface area contributed by atoms with Crippen molar-refractivity contribution in [1.29, 1.82) is 0 Å². The summed E-state index contributed by atoms with van der Waals surface area (Å²) in [6.45, 7) is 2.27. The lowest BCUT2D eigenvalue weighted by atomic mass is 10.2. The zero-order valence-corrected chi connectivity index (χ0v) is 10.5. The molecule has 0 aromatic carbocycles. The molecule has 2 amide bonds. The van der Waals surface area contributed by atoms with E-state index in [4.69, 9.17) is 5.11 Å². The Morgan fingerprint density at radius 2 is 2.33 bits per heavy atom. The van der Waals surface area contributed by atoms with E-state index in [2.05, 4.69) is 15.5 Å². The number of nitrogens with zero attached hydrogens (tertiary/aromatic N) is 2. The number of nitrogens with one attached hydrogen (secondary N) is 2. The first-order valence-electron chi connectivity index (χ1n) is 5.72. The van der Waals surface area contributed by atoms with Crippen molar-refractivity contribution in [3.63, 3.8) is 0 Å². The number of carbonyl (C=O) groups is 2. The molecule has 0 radical (unpaired) electrons. The van der Waals surface area contributed by atoms with Crippen LogP contribution in [-0.2, 0) is 4.79 Å². The van der Waals surface area contributed by atoms with E-state index in [1.54, 1.807) is 19.4 Å². The van der Waals surface area contributed by atoms with Gasteiger partial charge in [-0.2, -0.15) is 5.10 Å². The van der Waals surface area contributed by atoms with E-state index >= 15 is 0 Å². The van der Waals surface area contributed by atoms with Crippen LogP contribution in [0.5, 0.6) is 0 Å². The molecule has 7 nitrogen and oxygen atoms in total. The number of carbonyl (C=O) groups excluding carboxylic acids is 1. The van der Waals surface area contributed by atoms with Gasteiger partial charge >= 0.3 is 12.0 Å². The summed E-state index contributed by atoms with van der Waals surface area (Å²) >= 11 is 0. The van der Waals surface area contributed by atoms with Gasteiger partial charge in [-0.05, 0) is 13.3 Å². The third-order valence-corrected chi connectivity index (χ3v) is 2.59. The van der Waals surface area contributed by atoms with Gasteiger partial charge in [0.25, 0.3) is 0 Å². The summed E-state index contributed by atoms with van der Waals surface area (Å²) in [4.78, 5) is 23.6. The molecule has 1 heterocycles. The van der Waals surface area contributed by atoms with E-state index in [-0.39, 0.29) is 18.5 Å². The molecule has 3 N–H and O–H groups in total. The smallest absolute Gasteiger partial charge is 0.317 e. The lowest BCUT2D eigenvalue weighted by molar-refractivity contribution is -0.137. The van der Waals surface area contributed by atoms with Crippen LogP contribution in [0.3, 0.4) is 0 Å². The maximum absolute atomic E-state index is 11.8. The summed E-state index contributed by atoms with van der Waals surface area (Å²) in [5, 5.41) is 17.8. The summed E-state index contributed by atoms with van der Waals surface area (Å²) < 4.78 is 0. The van der Waals surface area contributed by atoms with Gasteiger partial charge < -0.3 is 15.3 Å². The number of H-pyrrole nitrogens is 1. The zero-order chi connectivity index (χ0) is 13.5. The van der Waals surface area contributed by atoms with Crippen molar-refractivity contribution in [3.8, 4) is 0 Å². The highest BCUT2D eigenvalue weighted by atomic mass is 16.4. The number of hydrogen-bond acceptors (Lipinski definition) is 3. The molecule has 1 unspecified atom stereocenters. The van der Waals surface area contributed by atoms with Gasteiger partial charge in [0, 0.05) is 31.8 Å². The molecule has 0 saturated carbocycles. The first-order chi connectivity index (χ1) is 8.50. The average Bonchev–Trinajstić information content (AvgIpc) is 2.81. The Labute approximate surface area is 105 Å². The van der Waals surface area contributed by atoms with Crippen LogP contribution < -0.4 is 5.32 Å². The van der Waals surface area contributed by atoms with Gasteiger partial charge in [-0.15, -0.1) is 0 Å². The van der Waals surface area contributed by atoms with Crippen LogP contribution >= 0.6 is 0 Å². The summed E-state index contributed by atoms with van der Waals surface area (Å²) in [6, 6.07) is -0.368. The average molecular weight is 254 g/mol. The third-order valence-electron chi connectivity index (χ3n) is 2.59. The standard InChI is InChI=1S/C11H18N4O3/c1-8(9-6-12-13-7-9)14-11(18)15(2)5-3-4-10(16)17/h6-8H,3-5H2,1-2H3,(H,12,13)(H,14,18)(H,16,17). The first-order valence-corrected chi connectivity index (χ1v) is 5.72. The number of amides is 2. The van der Waals surface area contributed by atoms with E-state index in [1.165, 1.54) is 4.90 Å². The quantitative estimate of drug-likeness (QED) is 0.704. The van der Waals surface area contributed by atoms with Crippen LogP contribution in [0.1, 0.15) is 31.4 Å². The highest BCUT2D eigenvalue weighted by Crippen LogP contribution is 2.09. The SMILES string of the molecule is CC(NC(=O)N(C)CCCC(=O)O)c1cn[nH]c1. The van der Waals surface area contributed by atoms with Gasteiger partial charge in [-0.3, -0.25) is 9.89 Å². The van der Waals surface area contributed by atoms with Crippen molar-refractivity contribution in [2.24, 2.45) is 0 Å². The fourth-order valence-corrected chi connectivity index (χ4v) is 1.45. The molecule has 0 aliphatic heterocycles. The Kier molecular flexibility index (Phi) is 5.16. The van der Waals surface area contributed by atoms with Crippen molar-refractivity contribution in [2.45, 2.75) is 25.8 Å². The summed E-state index contributed by atoms with van der Waals surface area (Å²) in [6.07, 6.45) is 3.87. The molecular weight excluding hydrogens is 236 g/mol. The van der Waals surface area contributed by atoms with Crippen molar-refractivity contribution < 1.29 is 14.7 Å². The number of carboxylic acids is 1. The molecule has 7 heteroatoms. The van der Waals surface area contributed by atoms with E-state index in [9.17, 15) is 9.59 Å². The van der Waals surface area contributed by atoms with Crippen LogP contribution in [0.25, 0.3) is 0 Å². The van der Waals surface area contributed by atoms with Crippen LogP contribution in [0, 0.1) is 0 Å². The molecule has 0 saturated heterocycles. The second-order valence-electron chi connectivity index (χ2n) is 4.12. The van der Waals surface area contributed by atoms with Crippen LogP contribution in [-0.4, -0.2) is 45.8 Å². The molecule has 0 fully saturated rings. The van der Waals surface area contributed by atoms with Crippen molar-refractivity contribution >= 4 is 12.0 Å². The lowest BCUT2D eigenvalue weighted by Gasteiger charge is -2.20. The molecule has 0 bridgehead atoms. The number of aliphatic carboxylic acids is 1. The highest BCUT2D eigenvalue weighted by Gasteiger charge is 2.13. The minimum Gasteiger partial charge on any atom is -0.481 e. The predicted molar refractivity (Wildman–Crippen MR) is 65.0 cm³/mol. The summed E-state index contributed by atoms with van der Waals surface area (Å²) in [7, 11) is 1.64. The molecule has 1 rings (SSSR count). The second kappa shape index (κ2) is 6.63. The van der Waals surface area contributed by atoms with Crippen LogP contribution in [0.2, 0.25) is 0 Å². The fourth-order valence-electron chi connectivity index (χ4n) is 1.45. The normalized spacial score (nSPS) is 11.9. The summed E-state index contributed by atoms with van der Waals surface area (Å²) in [5.74, 6) is -0.851. The Hall–Kier alpha value is -2.05. The molecule has 1 aromatic rings. The summed E-state index contributed by atoms with van der Waals surface area (Å²) in [5.41, 5.74) is 0.891. The van der Waals surface area contributed by atoms with Crippen LogP contribution in [0.4, 0.5) is 4.79 Å². The number of aromatic nitrogens is 2.